The van der Waals surface area contributed by atoms with Gasteiger partial charge in [-0.2, -0.15) is 5.10 Å². The van der Waals surface area contributed by atoms with Crippen LogP contribution in [0.25, 0.3) is 10.8 Å². The number of amides is 2. The predicted molar refractivity (Wildman–Crippen MR) is 114 cm³/mol. The highest BCUT2D eigenvalue weighted by Gasteiger charge is 2.12. The third-order valence-corrected chi connectivity index (χ3v) is 4.34. The van der Waals surface area contributed by atoms with Crippen LogP contribution < -0.4 is 15.5 Å². The van der Waals surface area contributed by atoms with Crippen LogP contribution in [-0.2, 0) is 16.2 Å². The lowest BCUT2D eigenvalue weighted by molar-refractivity contribution is -0.139. The van der Waals surface area contributed by atoms with E-state index in [1.54, 1.807) is 12.1 Å². The van der Waals surface area contributed by atoms with Crippen LogP contribution in [0.1, 0.15) is 24.5 Å². The summed E-state index contributed by atoms with van der Waals surface area (Å²) in [5.74, 6) is -1.34. The van der Waals surface area contributed by atoms with Crippen molar-refractivity contribution in [3.05, 3.63) is 77.6 Å². The molecular weight excluding hydrogens is 385 g/mol. The number of fused-ring (bicyclic) bond motifs is 1. The van der Waals surface area contributed by atoms with Crippen molar-refractivity contribution < 1.29 is 18.7 Å². The van der Waals surface area contributed by atoms with Crippen LogP contribution >= 0.6 is 0 Å². The Kier molecular flexibility index (Phi) is 7.10. The standard InChI is InChI=1S/C23H22FN3O3/c1-2-13-25-22(28)23(29)27-26-14-20-19-6-4-3-5-17(19)9-12-21(20)30-15-16-7-10-18(24)11-8-16/h3-12,14H,2,13,15H2,1H3,(H,25,28)(H,27,29)/b26-14-. The van der Waals surface area contributed by atoms with Gasteiger partial charge in [-0.3, -0.25) is 9.59 Å². The van der Waals surface area contributed by atoms with Crippen molar-refractivity contribution in [3.63, 3.8) is 0 Å². The lowest BCUT2D eigenvalue weighted by Gasteiger charge is -2.12. The Morgan fingerprint density at radius 2 is 1.80 bits per heavy atom. The largest absolute Gasteiger partial charge is 0.488 e. The van der Waals surface area contributed by atoms with E-state index in [2.05, 4.69) is 15.8 Å². The highest BCUT2D eigenvalue weighted by atomic mass is 19.1. The number of nitrogens with one attached hydrogen (secondary N) is 2. The second kappa shape index (κ2) is 10.2. The SMILES string of the molecule is CCCNC(=O)C(=O)N/N=C\c1c(OCc2ccc(F)cc2)ccc2ccccc12. The van der Waals surface area contributed by atoms with Gasteiger partial charge in [0.05, 0.1) is 6.21 Å². The number of ether oxygens (including phenoxy) is 1. The maximum Gasteiger partial charge on any atom is 0.329 e. The van der Waals surface area contributed by atoms with Crippen molar-refractivity contribution in [1.29, 1.82) is 0 Å². The van der Waals surface area contributed by atoms with Crippen LogP contribution in [0.3, 0.4) is 0 Å². The van der Waals surface area contributed by atoms with Crippen LogP contribution in [0.2, 0.25) is 0 Å². The first-order chi connectivity index (χ1) is 14.6. The number of halogens is 1. The van der Waals surface area contributed by atoms with Crippen LogP contribution in [-0.4, -0.2) is 24.6 Å². The maximum atomic E-state index is 13.1. The number of hydrogen-bond donors (Lipinski definition) is 2. The molecule has 6 nitrogen and oxygen atoms in total. The molecule has 2 N–H and O–H groups in total. The fourth-order valence-electron chi connectivity index (χ4n) is 2.80. The summed E-state index contributed by atoms with van der Waals surface area (Å²) in [7, 11) is 0. The number of carbonyl (C=O) groups excluding carboxylic acids is 2. The van der Waals surface area contributed by atoms with Crippen LogP contribution in [0, 0.1) is 5.82 Å². The van der Waals surface area contributed by atoms with Gasteiger partial charge >= 0.3 is 11.8 Å². The number of nitrogens with zero attached hydrogens (tertiary/aromatic N) is 1. The van der Waals surface area contributed by atoms with Crippen molar-refractivity contribution in [3.8, 4) is 5.75 Å². The van der Waals surface area contributed by atoms with Gasteiger partial charge in [0.1, 0.15) is 18.2 Å². The Morgan fingerprint density at radius 3 is 2.57 bits per heavy atom. The van der Waals surface area contributed by atoms with Gasteiger partial charge in [-0.25, -0.2) is 9.82 Å². The van der Waals surface area contributed by atoms with Crippen LogP contribution in [0.5, 0.6) is 5.75 Å². The molecular formula is C23H22FN3O3. The zero-order chi connectivity index (χ0) is 21.3. The van der Waals surface area contributed by atoms with Gasteiger partial charge in [-0.15, -0.1) is 0 Å². The van der Waals surface area contributed by atoms with E-state index in [1.165, 1.54) is 18.3 Å². The Bertz CT molecular complexity index is 1060. The predicted octanol–water partition coefficient (Wildman–Crippen LogP) is 3.53. The first-order valence-electron chi connectivity index (χ1n) is 9.58. The Balaban J connectivity index is 1.80. The zero-order valence-electron chi connectivity index (χ0n) is 16.5. The number of benzene rings is 3. The highest BCUT2D eigenvalue weighted by Crippen LogP contribution is 2.27. The molecule has 0 unspecified atom stereocenters. The summed E-state index contributed by atoms with van der Waals surface area (Å²) in [6.45, 7) is 2.55. The minimum atomic E-state index is -0.839. The molecule has 0 aliphatic heterocycles. The fourth-order valence-corrected chi connectivity index (χ4v) is 2.80. The van der Waals surface area contributed by atoms with Gasteiger partial charge in [0, 0.05) is 12.1 Å². The molecule has 0 aliphatic rings. The Labute approximate surface area is 173 Å². The topological polar surface area (TPSA) is 79.8 Å². The van der Waals surface area contributed by atoms with E-state index in [0.717, 1.165) is 22.8 Å². The first-order valence-corrected chi connectivity index (χ1v) is 9.58. The number of rotatable bonds is 7. The number of carbonyl (C=O) groups is 2. The van der Waals surface area contributed by atoms with E-state index in [-0.39, 0.29) is 12.4 Å². The monoisotopic (exact) mass is 407 g/mol. The zero-order valence-corrected chi connectivity index (χ0v) is 16.5. The first kappa shape index (κ1) is 21.0. The summed E-state index contributed by atoms with van der Waals surface area (Å²) in [4.78, 5) is 23.5. The molecule has 7 heteroatoms. The minimum Gasteiger partial charge on any atom is -0.488 e. The van der Waals surface area contributed by atoms with Crippen LogP contribution in [0.15, 0.2) is 65.8 Å². The molecule has 154 valence electrons. The molecule has 3 aromatic rings. The molecule has 3 rings (SSSR count). The lowest BCUT2D eigenvalue weighted by atomic mass is 10.0. The molecule has 0 saturated heterocycles. The van der Waals surface area contributed by atoms with E-state index >= 15 is 0 Å². The summed E-state index contributed by atoms with van der Waals surface area (Å²) in [5, 5.41) is 8.27. The summed E-state index contributed by atoms with van der Waals surface area (Å²) in [6, 6.07) is 17.5. The molecule has 0 fully saturated rings. The smallest absolute Gasteiger partial charge is 0.329 e. The Hall–Kier alpha value is -3.74. The van der Waals surface area contributed by atoms with Gasteiger partial charge in [0.2, 0.25) is 0 Å². The molecule has 0 radical (unpaired) electrons. The molecule has 0 spiro atoms. The molecule has 30 heavy (non-hydrogen) atoms. The average molecular weight is 407 g/mol. The number of hydrogen-bond acceptors (Lipinski definition) is 4. The van der Waals surface area contributed by atoms with Crippen molar-refractivity contribution in [2.75, 3.05) is 6.54 Å². The molecule has 0 saturated carbocycles. The summed E-state index contributed by atoms with van der Waals surface area (Å²) in [6.07, 6.45) is 2.18. The van der Waals surface area contributed by atoms with Crippen molar-refractivity contribution in [1.82, 2.24) is 10.7 Å². The van der Waals surface area contributed by atoms with Gasteiger partial charge < -0.3 is 10.1 Å². The van der Waals surface area contributed by atoms with E-state index < -0.39 is 11.8 Å². The fraction of sp³-hybridized carbons (Fsp3) is 0.174. The maximum absolute atomic E-state index is 13.1. The summed E-state index contributed by atoms with van der Waals surface area (Å²) in [5.41, 5.74) is 3.70. The molecule has 0 heterocycles. The normalized spacial score (nSPS) is 10.9. The van der Waals surface area contributed by atoms with E-state index in [4.69, 9.17) is 4.74 Å². The van der Waals surface area contributed by atoms with Crippen molar-refractivity contribution in [2.45, 2.75) is 20.0 Å². The summed E-state index contributed by atoms with van der Waals surface area (Å²) >= 11 is 0. The van der Waals surface area contributed by atoms with Gasteiger partial charge in [0.15, 0.2) is 0 Å². The van der Waals surface area contributed by atoms with Gasteiger partial charge in [-0.1, -0.05) is 49.4 Å². The van der Waals surface area contributed by atoms with Gasteiger partial charge in [0.25, 0.3) is 0 Å². The number of hydrazone groups is 1. The summed E-state index contributed by atoms with van der Waals surface area (Å²) < 4.78 is 19.0. The quantitative estimate of drug-likeness (QED) is 0.357. The van der Waals surface area contributed by atoms with Crippen LogP contribution in [0.4, 0.5) is 4.39 Å². The highest BCUT2D eigenvalue weighted by molar-refractivity contribution is 6.35. The van der Waals surface area contributed by atoms with Gasteiger partial charge in [-0.05, 0) is 41.0 Å². The molecule has 2 amide bonds. The van der Waals surface area contributed by atoms with Crippen molar-refractivity contribution >= 4 is 28.8 Å². The van der Waals surface area contributed by atoms with Crippen molar-refractivity contribution in [2.24, 2.45) is 5.10 Å². The molecule has 0 aromatic heterocycles. The van der Waals surface area contributed by atoms with E-state index in [1.807, 2.05) is 43.3 Å². The molecule has 3 aromatic carbocycles. The third kappa shape index (κ3) is 5.41. The van der Waals surface area contributed by atoms with E-state index in [9.17, 15) is 14.0 Å². The molecule has 0 aliphatic carbocycles. The minimum absolute atomic E-state index is 0.241. The molecule has 0 atom stereocenters. The second-order valence-corrected chi connectivity index (χ2v) is 6.57. The molecule has 0 bridgehead atoms. The average Bonchev–Trinajstić information content (AvgIpc) is 2.77. The Morgan fingerprint density at radius 1 is 1.03 bits per heavy atom. The third-order valence-electron chi connectivity index (χ3n) is 4.34. The van der Waals surface area contributed by atoms with E-state index in [0.29, 0.717) is 17.9 Å². The second-order valence-electron chi connectivity index (χ2n) is 6.57. The lowest BCUT2D eigenvalue weighted by Crippen LogP contribution is -2.38.